The quantitative estimate of drug-likeness (QED) is 0.508. The first-order valence-electron chi connectivity index (χ1n) is 5.82. The first-order chi connectivity index (χ1) is 8.78. The fourth-order valence-corrected chi connectivity index (χ4v) is 1.56. The second-order valence-electron chi connectivity index (χ2n) is 3.11. The fourth-order valence-electron chi connectivity index (χ4n) is 1.46. The summed E-state index contributed by atoms with van der Waals surface area (Å²) >= 11 is 5.14. The summed E-state index contributed by atoms with van der Waals surface area (Å²) < 4.78 is 25.8. The van der Waals surface area contributed by atoms with Gasteiger partial charge in [-0.15, -0.1) is 0 Å². The molecule has 0 spiro atoms. The van der Waals surface area contributed by atoms with Crippen LogP contribution in [0.5, 0.6) is 5.75 Å². The molecule has 0 aliphatic heterocycles. The molecular weight excluding hydrogens is 230 g/mol. The molecule has 4 nitrogen and oxygen atoms in total. The van der Waals surface area contributed by atoms with E-state index in [0.29, 0.717) is 10.9 Å². The third-order valence-corrected chi connectivity index (χ3v) is 2.37. The van der Waals surface area contributed by atoms with Crippen molar-refractivity contribution in [2.75, 3.05) is 7.04 Å². The third-order valence-electron chi connectivity index (χ3n) is 2.19. The molecule has 1 aromatic carbocycles. The van der Waals surface area contributed by atoms with E-state index in [-0.39, 0.29) is 11.3 Å². The van der Waals surface area contributed by atoms with Gasteiger partial charge in [-0.05, 0) is 29.8 Å². The predicted molar refractivity (Wildman–Crippen MR) is 60.0 cm³/mol. The van der Waals surface area contributed by atoms with Gasteiger partial charge in [-0.1, -0.05) is 0 Å². The highest BCUT2D eigenvalue weighted by Crippen LogP contribution is 2.24. The molecule has 0 bridgehead atoms. The van der Waals surface area contributed by atoms with Crippen LogP contribution in [0.4, 0.5) is 0 Å². The van der Waals surface area contributed by atoms with Crippen LogP contribution < -0.4 is 4.74 Å². The van der Waals surface area contributed by atoms with Crippen molar-refractivity contribution in [3.8, 4) is 5.75 Å². The SMILES string of the molecule is [2H]C([2H])([2H])Oc1ccc2[nH]cc(C(=O)C(=O)Cl)c2c1. The maximum atomic E-state index is 11.6. The molecular formula is C11H8ClNO3. The van der Waals surface area contributed by atoms with Crippen LogP contribution >= 0.6 is 11.6 Å². The van der Waals surface area contributed by atoms with Crippen molar-refractivity contribution >= 4 is 33.5 Å². The lowest BCUT2D eigenvalue weighted by atomic mass is 10.1. The maximum Gasteiger partial charge on any atom is 0.293 e. The lowest BCUT2D eigenvalue weighted by Crippen LogP contribution is -2.06. The summed E-state index contributed by atoms with van der Waals surface area (Å²) in [6.45, 7) is 0. The normalized spacial score (nSPS) is 13.9. The molecule has 5 heteroatoms. The van der Waals surface area contributed by atoms with Crippen molar-refractivity contribution in [1.29, 1.82) is 0 Å². The van der Waals surface area contributed by atoms with E-state index in [1.165, 1.54) is 18.3 Å². The Balaban J connectivity index is 2.49. The Morgan fingerprint density at radius 1 is 1.50 bits per heavy atom. The summed E-state index contributed by atoms with van der Waals surface area (Å²) in [5, 5.41) is -0.733. The molecule has 0 aliphatic carbocycles. The Bertz CT molecular complexity index is 663. The van der Waals surface area contributed by atoms with E-state index in [0.717, 1.165) is 0 Å². The zero-order valence-electron chi connectivity index (χ0n) is 10.9. The van der Waals surface area contributed by atoms with Crippen molar-refractivity contribution < 1.29 is 18.4 Å². The molecule has 2 aromatic rings. The number of hydrogen-bond donors (Lipinski definition) is 1. The first-order valence-corrected chi connectivity index (χ1v) is 4.70. The molecule has 0 saturated heterocycles. The molecule has 0 saturated carbocycles. The number of carbonyl (C=O) groups is 2. The Morgan fingerprint density at radius 3 is 3.00 bits per heavy atom. The number of halogens is 1. The number of aromatic nitrogens is 1. The number of methoxy groups -OCH3 is 1. The standard InChI is InChI=1S/C11H8ClNO3/c1-16-6-2-3-9-7(4-6)8(5-13-9)10(14)11(12)15/h2-5,13H,1H3/i1D3. The molecule has 0 fully saturated rings. The van der Waals surface area contributed by atoms with Gasteiger partial charge in [-0.25, -0.2) is 0 Å². The number of benzene rings is 1. The average Bonchev–Trinajstić information content (AvgIpc) is 2.68. The molecule has 16 heavy (non-hydrogen) atoms. The molecule has 0 unspecified atom stereocenters. The molecule has 1 aromatic heterocycles. The van der Waals surface area contributed by atoms with Gasteiger partial charge >= 0.3 is 0 Å². The number of rotatable bonds is 3. The van der Waals surface area contributed by atoms with Crippen molar-refractivity contribution in [3.05, 3.63) is 30.0 Å². The molecule has 0 amide bonds. The minimum absolute atomic E-state index is 0.0724. The highest BCUT2D eigenvalue weighted by Gasteiger charge is 2.17. The van der Waals surface area contributed by atoms with Gasteiger partial charge in [0.25, 0.3) is 5.24 Å². The topological polar surface area (TPSA) is 59.2 Å². The summed E-state index contributed by atoms with van der Waals surface area (Å²) in [7, 11) is -2.59. The van der Waals surface area contributed by atoms with Gasteiger partial charge in [0.1, 0.15) is 5.75 Å². The second-order valence-corrected chi connectivity index (χ2v) is 3.46. The summed E-state index contributed by atoms with van der Waals surface area (Å²) in [5.41, 5.74) is 0.644. The lowest BCUT2D eigenvalue weighted by Gasteiger charge is -1.99. The van der Waals surface area contributed by atoms with Gasteiger partial charge in [-0.3, -0.25) is 9.59 Å². The van der Waals surface area contributed by atoms with Gasteiger partial charge in [-0.2, -0.15) is 0 Å². The number of hydrogen-bond acceptors (Lipinski definition) is 3. The smallest absolute Gasteiger partial charge is 0.293 e. The molecule has 1 N–H and O–H groups in total. The number of Topliss-reactive ketones (excluding diaryl/α,β-unsaturated/α-hetero) is 1. The third kappa shape index (κ3) is 1.67. The number of ether oxygens (including phenoxy) is 1. The van der Waals surface area contributed by atoms with Crippen LogP contribution in [0, 0.1) is 0 Å². The monoisotopic (exact) mass is 240 g/mol. The average molecular weight is 241 g/mol. The largest absolute Gasteiger partial charge is 0.497 e. The molecule has 0 radical (unpaired) electrons. The molecule has 82 valence electrons. The summed E-state index contributed by atoms with van der Waals surface area (Å²) in [4.78, 5) is 25.2. The number of nitrogens with one attached hydrogen (secondary N) is 1. The van der Waals surface area contributed by atoms with Crippen LogP contribution in [0.25, 0.3) is 10.9 Å². The fraction of sp³-hybridized carbons (Fsp3) is 0.0909. The number of ketones is 1. The van der Waals surface area contributed by atoms with Gasteiger partial charge in [0.05, 0.1) is 16.7 Å². The van der Waals surface area contributed by atoms with E-state index in [9.17, 15) is 9.59 Å². The molecule has 0 aliphatic rings. The van der Waals surface area contributed by atoms with E-state index in [2.05, 4.69) is 4.98 Å². The summed E-state index contributed by atoms with van der Waals surface area (Å²) in [6.07, 6.45) is 1.34. The van der Waals surface area contributed by atoms with Crippen molar-refractivity contribution in [3.63, 3.8) is 0 Å². The maximum absolute atomic E-state index is 11.6. The van der Waals surface area contributed by atoms with Crippen LogP contribution in [-0.4, -0.2) is 23.0 Å². The zero-order chi connectivity index (χ0) is 14.2. The van der Waals surface area contributed by atoms with Gasteiger partial charge in [0.2, 0.25) is 5.78 Å². The number of H-pyrrole nitrogens is 1. The Kier molecular flexibility index (Phi) is 1.86. The number of carbonyl (C=O) groups excluding carboxylic acids is 2. The van der Waals surface area contributed by atoms with Crippen LogP contribution in [0.2, 0.25) is 0 Å². The Hall–Kier alpha value is -1.81. The van der Waals surface area contributed by atoms with Crippen molar-refractivity contribution in [2.24, 2.45) is 0 Å². The van der Waals surface area contributed by atoms with Crippen LogP contribution in [0.3, 0.4) is 0 Å². The summed E-state index contributed by atoms with van der Waals surface area (Å²) in [5.74, 6) is -0.790. The van der Waals surface area contributed by atoms with Crippen LogP contribution in [0.15, 0.2) is 24.4 Å². The molecule has 2 rings (SSSR count). The van der Waals surface area contributed by atoms with Gasteiger partial charge in [0.15, 0.2) is 0 Å². The lowest BCUT2D eigenvalue weighted by molar-refractivity contribution is -0.108. The first kappa shape index (κ1) is 7.46. The van der Waals surface area contributed by atoms with Crippen molar-refractivity contribution in [2.45, 2.75) is 0 Å². The van der Waals surface area contributed by atoms with E-state index in [1.54, 1.807) is 6.07 Å². The van der Waals surface area contributed by atoms with Gasteiger partial charge in [0, 0.05) is 17.1 Å². The van der Waals surface area contributed by atoms with Crippen LogP contribution in [0.1, 0.15) is 14.5 Å². The zero-order valence-corrected chi connectivity index (χ0v) is 8.67. The van der Waals surface area contributed by atoms with E-state index < -0.39 is 18.1 Å². The Morgan fingerprint density at radius 2 is 2.31 bits per heavy atom. The van der Waals surface area contributed by atoms with Crippen molar-refractivity contribution in [1.82, 2.24) is 4.98 Å². The molecule has 0 atom stereocenters. The van der Waals surface area contributed by atoms with E-state index >= 15 is 0 Å². The summed E-state index contributed by atoms with van der Waals surface area (Å²) in [6, 6.07) is 4.36. The Labute approximate surface area is 100 Å². The predicted octanol–water partition coefficient (Wildman–Crippen LogP) is 2.12. The minimum Gasteiger partial charge on any atom is -0.497 e. The number of fused-ring (bicyclic) bond motifs is 1. The molecule has 1 heterocycles. The van der Waals surface area contributed by atoms with E-state index in [4.69, 9.17) is 20.5 Å². The van der Waals surface area contributed by atoms with Crippen LogP contribution in [-0.2, 0) is 4.79 Å². The number of aromatic amines is 1. The highest BCUT2D eigenvalue weighted by atomic mass is 35.5. The second kappa shape index (κ2) is 3.98. The van der Waals surface area contributed by atoms with E-state index in [1.807, 2.05) is 0 Å². The highest BCUT2D eigenvalue weighted by molar-refractivity contribution is 6.83. The minimum atomic E-state index is -2.59. The van der Waals surface area contributed by atoms with Gasteiger partial charge < -0.3 is 9.72 Å².